The van der Waals surface area contributed by atoms with Crippen molar-refractivity contribution < 1.29 is 22.8 Å². The van der Waals surface area contributed by atoms with Gasteiger partial charge in [-0.05, 0) is 55.5 Å². The molecule has 1 saturated heterocycles. The summed E-state index contributed by atoms with van der Waals surface area (Å²) in [5, 5.41) is 8.23. The third-order valence-electron chi connectivity index (χ3n) is 5.30. The zero-order chi connectivity index (χ0) is 23.1. The van der Waals surface area contributed by atoms with Crippen LogP contribution in [0.15, 0.2) is 48.5 Å². The van der Waals surface area contributed by atoms with Gasteiger partial charge in [-0.3, -0.25) is 0 Å². The third-order valence-corrected chi connectivity index (χ3v) is 5.53. The number of nitrogens with zero attached hydrogens (tertiary/aromatic N) is 1. The standard InChI is InChI=1S/C22H24ClF3N4O2/c23-16-4-3-5-17(14-16)28-21(32)30-12-9-15(10-13-30)8-11-27-20(31)29-19-7-2-1-6-18(19)22(24,25)26/h1-7,14-15H,8-13H2,(H,28,32)(H2,27,29,31). The first kappa shape index (κ1) is 23.7. The molecule has 0 saturated carbocycles. The molecule has 6 nitrogen and oxygen atoms in total. The summed E-state index contributed by atoms with van der Waals surface area (Å²) in [4.78, 5) is 26.1. The maximum Gasteiger partial charge on any atom is 0.418 e. The van der Waals surface area contributed by atoms with Gasteiger partial charge in [-0.25, -0.2) is 9.59 Å². The molecule has 0 radical (unpaired) electrons. The Morgan fingerprint density at radius 2 is 1.75 bits per heavy atom. The lowest BCUT2D eigenvalue weighted by Crippen LogP contribution is -2.41. The molecule has 0 aliphatic carbocycles. The normalized spacial score (nSPS) is 14.7. The number of likely N-dealkylation sites (tertiary alicyclic amines) is 1. The molecule has 3 N–H and O–H groups in total. The molecule has 1 fully saturated rings. The quantitative estimate of drug-likeness (QED) is 0.517. The highest BCUT2D eigenvalue weighted by Crippen LogP contribution is 2.34. The first-order valence-corrected chi connectivity index (χ1v) is 10.6. The number of hydrogen-bond donors (Lipinski definition) is 3. The van der Waals surface area contributed by atoms with Crippen LogP contribution in [-0.2, 0) is 6.18 Å². The van der Waals surface area contributed by atoms with Gasteiger partial charge in [-0.1, -0.05) is 29.8 Å². The Hall–Kier alpha value is -2.94. The van der Waals surface area contributed by atoms with Gasteiger partial charge in [0, 0.05) is 30.3 Å². The number of carbonyl (C=O) groups is 2. The van der Waals surface area contributed by atoms with Crippen molar-refractivity contribution in [1.29, 1.82) is 0 Å². The van der Waals surface area contributed by atoms with Gasteiger partial charge in [0.15, 0.2) is 0 Å². The second-order valence-electron chi connectivity index (χ2n) is 7.58. The van der Waals surface area contributed by atoms with Crippen LogP contribution in [0.1, 0.15) is 24.8 Å². The van der Waals surface area contributed by atoms with Crippen molar-refractivity contribution in [2.75, 3.05) is 30.3 Å². The Morgan fingerprint density at radius 3 is 2.44 bits per heavy atom. The summed E-state index contributed by atoms with van der Waals surface area (Å²) in [7, 11) is 0. The van der Waals surface area contributed by atoms with E-state index in [1.807, 2.05) is 0 Å². The fraction of sp³-hybridized carbons (Fsp3) is 0.364. The number of amides is 4. The van der Waals surface area contributed by atoms with Gasteiger partial charge in [0.25, 0.3) is 0 Å². The topological polar surface area (TPSA) is 73.5 Å². The van der Waals surface area contributed by atoms with Crippen molar-refractivity contribution in [3.05, 3.63) is 59.1 Å². The molecule has 3 rings (SSSR count). The number of alkyl halides is 3. The van der Waals surface area contributed by atoms with Crippen molar-refractivity contribution >= 4 is 35.0 Å². The van der Waals surface area contributed by atoms with E-state index in [0.717, 1.165) is 18.9 Å². The lowest BCUT2D eigenvalue weighted by Gasteiger charge is -2.32. The Balaban J connectivity index is 1.38. The van der Waals surface area contributed by atoms with E-state index in [0.29, 0.717) is 42.7 Å². The highest BCUT2D eigenvalue weighted by atomic mass is 35.5. The third kappa shape index (κ3) is 6.78. The van der Waals surface area contributed by atoms with Crippen LogP contribution >= 0.6 is 11.6 Å². The molecule has 0 spiro atoms. The molecule has 32 heavy (non-hydrogen) atoms. The highest BCUT2D eigenvalue weighted by Gasteiger charge is 2.33. The van der Waals surface area contributed by atoms with Gasteiger partial charge in [0.1, 0.15) is 0 Å². The summed E-state index contributed by atoms with van der Waals surface area (Å²) in [5.74, 6) is 0.313. The van der Waals surface area contributed by atoms with E-state index in [1.165, 1.54) is 18.2 Å². The van der Waals surface area contributed by atoms with Gasteiger partial charge in [0.2, 0.25) is 0 Å². The van der Waals surface area contributed by atoms with Crippen LogP contribution in [0.4, 0.5) is 34.1 Å². The molecular weight excluding hydrogens is 445 g/mol. The molecule has 10 heteroatoms. The average molecular weight is 469 g/mol. The number of benzene rings is 2. The molecule has 1 heterocycles. The van der Waals surface area contributed by atoms with Crippen LogP contribution in [0.2, 0.25) is 5.02 Å². The molecule has 0 atom stereocenters. The van der Waals surface area contributed by atoms with E-state index < -0.39 is 17.8 Å². The summed E-state index contributed by atoms with van der Waals surface area (Å²) in [6, 6.07) is 10.9. The van der Waals surface area contributed by atoms with Crippen LogP contribution in [-0.4, -0.2) is 36.6 Å². The minimum absolute atomic E-state index is 0.188. The van der Waals surface area contributed by atoms with Crippen LogP contribution in [0, 0.1) is 5.92 Å². The molecule has 2 aromatic carbocycles. The zero-order valence-electron chi connectivity index (χ0n) is 17.2. The SMILES string of the molecule is O=C(NCCC1CCN(C(=O)Nc2cccc(Cl)c2)CC1)Nc1ccccc1C(F)(F)F. The van der Waals surface area contributed by atoms with Crippen molar-refractivity contribution in [3.8, 4) is 0 Å². The Morgan fingerprint density at radius 1 is 1.03 bits per heavy atom. The van der Waals surface area contributed by atoms with E-state index >= 15 is 0 Å². The van der Waals surface area contributed by atoms with Crippen LogP contribution in [0.25, 0.3) is 0 Å². The molecule has 172 valence electrons. The summed E-state index contributed by atoms with van der Waals surface area (Å²) < 4.78 is 39.0. The van der Waals surface area contributed by atoms with Crippen molar-refractivity contribution in [2.45, 2.75) is 25.4 Å². The molecule has 0 unspecified atom stereocenters. The molecule has 2 aromatic rings. The second kappa shape index (κ2) is 10.6. The predicted molar refractivity (Wildman–Crippen MR) is 118 cm³/mol. The van der Waals surface area contributed by atoms with Crippen LogP contribution < -0.4 is 16.0 Å². The van der Waals surface area contributed by atoms with Crippen molar-refractivity contribution in [2.24, 2.45) is 5.92 Å². The van der Waals surface area contributed by atoms with Gasteiger partial charge >= 0.3 is 18.2 Å². The minimum Gasteiger partial charge on any atom is -0.338 e. The van der Waals surface area contributed by atoms with E-state index in [9.17, 15) is 22.8 Å². The fourth-order valence-corrected chi connectivity index (χ4v) is 3.78. The molecular formula is C22H24ClF3N4O2. The first-order chi connectivity index (χ1) is 15.2. The average Bonchev–Trinajstić information content (AvgIpc) is 2.74. The number of halogens is 4. The number of anilines is 2. The highest BCUT2D eigenvalue weighted by molar-refractivity contribution is 6.30. The van der Waals surface area contributed by atoms with Gasteiger partial charge in [-0.15, -0.1) is 0 Å². The number of hydrogen-bond acceptors (Lipinski definition) is 2. The predicted octanol–water partition coefficient (Wildman–Crippen LogP) is 5.81. The second-order valence-corrected chi connectivity index (χ2v) is 8.02. The largest absolute Gasteiger partial charge is 0.418 e. The Kier molecular flexibility index (Phi) is 7.84. The lowest BCUT2D eigenvalue weighted by atomic mass is 9.94. The fourth-order valence-electron chi connectivity index (χ4n) is 3.59. The van der Waals surface area contributed by atoms with E-state index in [4.69, 9.17) is 11.6 Å². The van der Waals surface area contributed by atoms with Crippen LogP contribution in [0.3, 0.4) is 0 Å². The lowest BCUT2D eigenvalue weighted by molar-refractivity contribution is -0.136. The Bertz CT molecular complexity index is 947. The van der Waals surface area contributed by atoms with E-state index in [2.05, 4.69) is 16.0 Å². The minimum atomic E-state index is -4.54. The Labute approximate surface area is 189 Å². The zero-order valence-corrected chi connectivity index (χ0v) is 18.0. The monoisotopic (exact) mass is 468 g/mol. The van der Waals surface area contributed by atoms with E-state index in [-0.39, 0.29) is 11.7 Å². The molecule has 1 aliphatic heterocycles. The number of carbonyl (C=O) groups excluding carboxylic acids is 2. The van der Waals surface area contributed by atoms with Crippen LogP contribution in [0.5, 0.6) is 0 Å². The summed E-state index contributed by atoms with van der Waals surface area (Å²) in [6.07, 6.45) is -2.30. The first-order valence-electron chi connectivity index (χ1n) is 10.2. The maximum atomic E-state index is 13.0. The van der Waals surface area contributed by atoms with Gasteiger partial charge in [0.05, 0.1) is 11.3 Å². The summed E-state index contributed by atoms with van der Waals surface area (Å²) >= 11 is 5.93. The molecule has 0 bridgehead atoms. The van der Waals surface area contributed by atoms with E-state index in [1.54, 1.807) is 29.2 Å². The number of rotatable bonds is 5. The van der Waals surface area contributed by atoms with Crippen molar-refractivity contribution in [1.82, 2.24) is 10.2 Å². The number of nitrogens with one attached hydrogen (secondary N) is 3. The summed E-state index contributed by atoms with van der Waals surface area (Å²) in [5.41, 5.74) is -0.540. The molecule has 4 amide bonds. The number of para-hydroxylation sites is 1. The maximum absolute atomic E-state index is 13.0. The van der Waals surface area contributed by atoms with Crippen molar-refractivity contribution in [3.63, 3.8) is 0 Å². The molecule has 0 aromatic heterocycles. The van der Waals surface area contributed by atoms with Gasteiger partial charge < -0.3 is 20.9 Å². The summed E-state index contributed by atoms with van der Waals surface area (Å²) in [6.45, 7) is 1.50. The number of urea groups is 2. The molecule has 1 aliphatic rings. The van der Waals surface area contributed by atoms with Gasteiger partial charge in [-0.2, -0.15) is 13.2 Å². The smallest absolute Gasteiger partial charge is 0.338 e. The number of piperidine rings is 1.